The molecule has 174 valence electrons. The van der Waals surface area contributed by atoms with Crippen molar-refractivity contribution in [3.8, 4) is 0 Å². The van der Waals surface area contributed by atoms with E-state index in [-0.39, 0.29) is 12.5 Å². The van der Waals surface area contributed by atoms with Gasteiger partial charge in [-0.3, -0.25) is 0 Å². The molecular weight excluding hydrogens is 382 g/mol. The minimum absolute atomic E-state index is 0.156. The Kier molecular flexibility index (Phi) is 12.9. The van der Waals surface area contributed by atoms with Crippen molar-refractivity contribution in [1.29, 1.82) is 0 Å². The molecule has 0 fully saturated rings. The first-order valence-electron chi connectivity index (χ1n) is 11.8. The average Bonchev–Trinajstić information content (AvgIpc) is 3.14. The van der Waals surface area contributed by atoms with Crippen LogP contribution >= 0.6 is 0 Å². The molecule has 0 bridgehead atoms. The molecule has 1 heterocycles. The lowest BCUT2D eigenvalue weighted by atomic mass is 10.0. The maximum absolute atomic E-state index is 11.6. The van der Waals surface area contributed by atoms with Crippen molar-refractivity contribution in [2.75, 3.05) is 34.3 Å². The minimum Gasteiger partial charge on any atom is -0.478 e. The molecule has 8 heteroatoms. The first-order valence-corrected chi connectivity index (χ1v) is 11.8. The largest absolute Gasteiger partial charge is 0.478 e. The van der Waals surface area contributed by atoms with Gasteiger partial charge >= 0.3 is 5.97 Å². The summed E-state index contributed by atoms with van der Waals surface area (Å²) in [5.41, 5.74) is -1.63. The zero-order chi connectivity index (χ0) is 22.3. The summed E-state index contributed by atoms with van der Waals surface area (Å²) in [4.78, 5) is 11.6. The van der Waals surface area contributed by atoms with Crippen molar-refractivity contribution >= 4 is 5.97 Å². The molecule has 0 saturated carbocycles. The van der Waals surface area contributed by atoms with E-state index < -0.39 is 11.6 Å². The van der Waals surface area contributed by atoms with E-state index in [1.54, 1.807) is 0 Å². The van der Waals surface area contributed by atoms with Gasteiger partial charge in [0.2, 0.25) is 0 Å². The molecule has 0 spiro atoms. The molecule has 1 unspecified atom stereocenters. The Morgan fingerprint density at radius 3 is 1.77 bits per heavy atom. The van der Waals surface area contributed by atoms with Gasteiger partial charge in [0.1, 0.15) is 12.6 Å². The third-order valence-electron chi connectivity index (χ3n) is 5.42. The molecule has 0 aromatic rings. The van der Waals surface area contributed by atoms with E-state index >= 15 is 0 Å². The standard InChI is InChI=1S/C22H43N5O3/c1-5-6-7-8-9-10-11-12-13-14-15-16-17-30-20(19-27(2,3)4)18-22(21(28)29)23-25-26-24-22/h20H,5-19H2,1-4H3/p+1. The highest BCUT2D eigenvalue weighted by atomic mass is 16.5. The Morgan fingerprint density at radius 2 is 1.33 bits per heavy atom. The van der Waals surface area contributed by atoms with Crippen molar-refractivity contribution < 1.29 is 19.1 Å². The Hall–Kier alpha value is -1.41. The second-order valence-electron chi connectivity index (χ2n) is 9.56. The number of ether oxygens (including phenoxy) is 1. The van der Waals surface area contributed by atoms with Gasteiger partial charge in [-0.25, -0.2) is 4.79 Å². The summed E-state index contributed by atoms with van der Waals surface area (Å²) in [6, 6.07) is 0. The van der Waals surface area contributed by atoms with Crippen molar-refractivity contribution in [3.63, 3.8) is 0 Å². The molecule has 1 atom stereocenters. The second kappa shape index (κ2) is 14.6. The molecule has 0 radical (unpaired) electrons. The molecule has 1 N–H and O–H groups in total. The van der Waals surface area contributed by atoms with Gasteiger partial charge in [-0.15, -0.1) is 10.2 Å². The van der Waals surface area contributed by atoms with Crippen molar-refractivity contribution in [1.82, 2.24) is 0 Å². The zero-order valence-corrected chi connectivity index (χ0v) is 19.7. The molecule has 1 aliphatic heterocycles. The van der Waals surface area contributed by atoms with Crippen LogP contribution in [0, 0.1) is 0 Å². The van der Waals surface area contributed by atoms with E-state index in [9.17, 15) is 9.90 Å². The van der Waals surface area contributed by atoms with Crippen molar-refractivity contribution in [2.45, 2.75) is 102 Å². The predicted molar refractivity (Wildman–Crippen MR) is 118 cm³/mol. The van der Waals surface area contributed by atoms with Gasteiger partial charge in [-0.1, -0.05) is 77.6 Å². The lowest BCUT2D eigenvalue weighted by Gasteiger charge is -2.31. The van der Waals surface area contributed by atoms with Crippen LogP contribution in [0.1, 0.15) is 90.4 Å². The fraction of sp³-hybridized carbons (Fsp3) is 0.955. The number of nitrogens with zero attached hydrogens (tertiary/aromatic N) is 5. The van der Waals surface area contributed by atoms with Crippen LogP contribution in [0.5, 0.6) is 0 Å². The molecule has 0 amide bonds. The molecule has 1 aliphatic rings. The molecule has 0 aromatic carbocycles. The van der Waals surface area contributed by atoms with E-state index in [2.05, 4.69) is 48.7 Å². The van der Waals surface area contributed by atoms with Crippen LogP contribution in [-0.4, -0.2) is 61.6 Å². The number of rotatable bonds is 19. The number of carbonyl (C=O) groups is 1. The van der Waals surface area contributed by atoms with Gasteiger partial charge < -0.3 is 14.3 Å². The maximum Gasteiger partial charge on any atom is 0.358 e. The fourth-order valence-electron chi connectivity index (χ4n) is 3.76. The Morgan fingerprint density at radius 1 is 0.867 bits per heavy atom. The topological polar surface area (TPSA) is 96.0 Å². The maximum atomic E-state index is 11.6. The van der Waals surface area contributed by atoms with E-state index in [0.29, 0.717) is 17.6 Å². The summed E-state index contributed by atoms with van der Waals surface area (Å²) in [5.74, 6) is -1.13. The summed E-state index contributed by atoms with van der Waals surface area (Å²) >= 11 is 0. The van der Waals surface area contributed by atoms with Gasteiger partial charge in [0.05, 0.1) is 21.1 Å². The number of carboxylic acids is 1. The lowest BCUT2D eigenvalue weighted by molar-refractivity contribution is -0.873. The lowest BCUT2D eigenvalue weighted by Crippen LogP contribution is -2.46. The molecular formula is C22H44N5O3+. The minimum atomic E-state index is -1.63. The number of hydrogen-bond donors (Lipinski definition) is 1. The third kappa shape index (κ3) is 11.7. The zero-order valence-electron chi connectivity index (χ0n) is 19.7. The third-order valence-corrected chi connectivity index (χ3v) is 5.42. The summed E-state index contributed by atoms with van der Waals surface area (Å²) in [6.07, 6.45) is 15.5. The molecule has 0 aliphatic carbocycles. The van der Waals surface area contributed by atoms with Crippen molar-refractivity contribution in [2.24, 2.45) is 20.7 Å². The smallest absolute Gasteiger partial charge is 0.358 e. The number of quaternary nitrogens is 1. The highest BCUT2D eigenvalue weighted by molar-refractivity contribution is 5.78. The number of hydrogen-bond acceptors (Lipinski definition) is 6. The fourth-order valence-corrected chi connectivity index (χ4v) is 3.76. The van der Waals surface area contributed by atoms with E-state index in [1.807, 2.05) is 0 Å². The van der Waals surface area contributed by atoms with Crippen LogP contribution < -0.4 is 0 Å². The number of likely N-dealkylation sites (N-methyl/N-ethyl adjacent to an activating group) is 1. The van der Waals surface area contributed by atoms with Gasteiger partial charge in [-0.2, -0.15) is 0 Å². The summed E-state index contributed by atoms with van der Waals surface area (Å²) < 4.78 is 6.74. The van der Waals surface area contributed by atoms with Crippen LogP contribution in [-0.2, 0) is 9.53 Å². The SMILES string of the molecule is CCCCCCCCCCCCCCOC(CC1(C(=O)O)N=NN=N1)C[N+](C)(C)C. The Balaban J connectivity index is 2.20. The van der Waals surface area contributed by atoms with Crippen LogP contribution in [0.25, 0.3) is 0 Å². The number of unbranched alkanes of at least 4 members (excludes halogenated alkanes) is 11. The van der Waals surface area contributed by atoms with Crippen molar-refractivity contribution in [3.05, 3.63) is 0 Å². The second-order valence-corrected chi connectivity index (χ2v) is 9.56. The average molecular weight is 427 g/mol. The molecule has 0 saturated heterocycles. The van der Waals surface area contributed by atoms with Gasteiger partial charge in [0, 0.05) is 13.0 Å². The number of aliphatic carboxylic acids is 1. The van der Waals surface area contributed by atoms with E-state index in [4.69, 9.17) is 4.74 Å². The predicted octanol–water partition coefficient (Wildman–Crippen LogP) is 5.78. The summed E-state index contributed by atoms with van der Waals surface area (Å²) in [5, 5.41) is 23.9. The summed E-state index contributed by atoms with van der Waals surface area (Å²) in [7, 11) is 6.18. The molecule has 1 rings (SSSR count). The quantitative estimate of drug-likeness (QED) is 0.209. The van der Waals surface area contributed by atoms with E-state index in [0.717, 1.165) is 12.8 Å². The molecule has 8 nitrogen and oxygen atoms in total. The normalized spacial score (nSPS) is 16.3. The molecule has 30 heavy (non-hydrogen) atoms. The van der Waals surface area contributed by atoms with Crippen LogP contribution in [0.15, 0.2) is 20.7 Å². The number of carboxylic acid groups (broad SMARTS) is 1. The summed E-state index contributed by atoms with van der Waals surface area (Å²) in [6.45, 7) is 3.57. The van der Waals surface area contributed by atoms with Crippen LogP contribution in [0.3, 0.4) is 0 Å². The van der Waals surface area contributed by atoms with E-state index in [1.165, 1.54) is 64.2 Å². The van der Waals surface area contributed by atoms with Gasteiger partial charge in [0.15, 0.2) is 0 Å². The monoisotopic (exact) mass is 426 g/mol. The first-order chi connectivity index (χ1) is 14.3. The van der Waals surface area contributed by atoms with Crippen LogP contribution in [0.2, 0.25) is 0 Å². The Bertz CT molecular complexity index is 519. The highest BCUT2D eigenvalue weighted by Gasteiger charge is 2.45. The molecule has 0 aromatic heterocycles. The van der Waals surface area contributed by atoms with Crippen LogP contribution in [0.4, 0.5) is 0 Å². The van der Waals surface area contributed by atoms with Gasteiger partial charge in [0.25, 0.3) is 5.66 Å². The first kappa shape index (κ1) is 26.6. The highest BCUT2D eigenvalue weighted by Crippen LogP contribution is 2.28. The Labute approximate surface area is 182 Å². The van der Waals surface area contributed by atoms with Gasteiger partial charge in [-0.05, 0) is 16.9 Å².